The molecule has 0 unspecified atom stereocenters. The molecule has 1 N–H and O–H groups in total. The number of ketones is 1. The standard InChI is InChI=1S/C8H11NO2/c1-8-3-2-6(10)5(4-8)7(11)9-8/h5H,2-4H2,1H3,(H,9,11)/t5-,8-/m0/s1. The van der Waals surface area contributed by atoms with Gasteiger partial charge in [0.25, 0.3) is 0 Å². The summed E-state index contributed by atoms with van der Waals surface area (Å²) in [5.74, 6) is -0.263. The van der Waals surface area contributed by atoms with Gasteiger partial charge >= 0.3 is 0 Å². The minimum atomic E-state index is -0.325. The second-order valence-corrected chi connectivity index (χ2v) is 3.77. The fraction of sp³-hybridized carbons (Fsp3) is 0.750. The molecule has 2 fully saturated rings. The van der Waals surface area contributed by atoms with Crippen molar-refractivity contribution in [3.63, 3.8) is 0 Å². The van der Waals surface area contributed by atoms with E-state index in [-0.39, 0.29) is 23.1 Å². The summed E-state index contributed by atoms with van der Waals surface area (Å²) < 4.78 is 0. The van der Waals surface area contributed by atoms with E-state index in [1.165, 1.54) is 0 Å². The second-order valence-electron chi connectivity index (χ2n) is 3.77. The third-order valence-electron chi connectivity index (χ3n) is 2.71. The van der Waals surface area contributed by atoms with Crippen molar-refractivity contribution in [2.24, 2.45) is 5.92 Å². The molecular weight excluding hydrogens is 142 g/mol. The molecule has 1 aliphatic carbocycles. The lowest BCUT2D eigenvalue weighted by atomic mass is 9.81. The SMILES string of the molecule is C[C@]12CCC(=O)[C@H](C1)C(=O)N2. The Morgan fingerprint density at radius 3 is 2.91 bits per heavy atom. The van der Waals surface area contributed by atoms with Crippen molar-refractivity contribution in [1.82, 2.24) is 5.32 Å². The summed E-state index contributed by atoms with van der Waals surface area (Å²) in [5, 5.41) is 2.86. The Morgan fingerprint density at radius 2 is 2.27 bits per heavy atom. The molecule has 3 nitrogen and oxygen atoms in total. The van der Waals surface area contributed by atoms with Gasteiger partial charge in [0.15, 0.2) is 0 Å². The monoisotopic (exact) mass is 153 g/mol. The van der Waals surface area contributed by atoms with Crippen LogP contribution in [0.3, 0.4) is 0 Å². The van der Waals surface area contributed by atoms with E-state index in [0.29, 0.717) is 12.8 Å². The Hall–Kier alpha value is -0.860. The number of amides is 1. The van der Waals surface area contributed by atoms with Crippen molar-refractivity contribution in [3.8, 4) is 0 Å². The summed E-state index contributed by atoms with van der Waals surface area (Å²) in [4.78, 5) is 22.3. The number of nitrogens with one attached hydrogen (secondary N) is 1. The zero-order chi connectivity index (χ0) is 8.06. The fourth-order valence-electron chi connectivity index (χ4n) is 1.98. The molecule has 0 aromatic rings. The van der Waals surface area contributed by atoms with Crippen molar-refractivity contribution >= 4 is 11.7 Å². The first-order valence-electron chi connectivity index (χ1n) is 3.95. The summed E-state index contributed by atoms with van der Waals surface area (Å²) >= 11 is 0. The van der Waals surface area contributed by atoms with E-state index in [1.807, 2.05) is 6.92 Å². The van der Waals surface area contributed by atoms with Crippen molar-refractivity contribution in [3.05, 3.63) is 0 Å². The molecule has 2 bridgehead atoms. The van der Waals surface area contributed by atoms with Crippen molar-refractivity contribution in [2.45, 2.75) is 31.7 Å². The third-order valence-corrected chi connectivity index (χ3v) is 2.71. The van der Waals surface area contributed by atoms with E-state index in [4.69, 9.17) is 0 Å². The quantitative estimate of drug-likeness (QED) is 0.507. The molecule has 3 heteroatoms. The highest BCUT2D eigenvalue weighted by Crippen LogP contribution is 2.35. The molecule has 2 rings (SSSR count). The molecule has 0 spiro atoms. The van der Waals surface area contributed by atoms with Gasteiger partial charge < -0.3 is 5.32 Å². The lowest BCUT2D eigenvalue weighted by molar-refractivity contribution is -0.131. The van der Waals surface area contributed by atoms with E-state index >= 15 is 0 Å². The van der Waals surface area contributed by atoms with Crippen LogP contribution in [0.15, 0.2) is 0 Å². The average Bonchev–Trinajstić information content (AvgIpc) is 2.18. The summed E-state index contributed by atoms with van der Waals surface area (Å²) in [6.07, 6.45) is 2.10. The van der Waals surface area contributed by atoms with Crippen LogP contribution >= 0.6 is 0 Å². The molecule has 1 saturated heterocycles. The molecule has 1 amide bonds. The lowest BCUT2D eigenvalue weighted by Crippen LogP contribution is -2.38. The van der Waals surface area contributed by atoms with Gasteiger partial charge in [-0.15, -0.1) is 0 Å². The molecule has 0 aromatic heterocycles. The highest BCUT2D eigenvalue weighted by atomic mass is 16.2. The number of fused-ring (bicyclic) bond motifs is 2. The summed E-state index contributed by atoms with van der Waals surface area (Å²) in [5.41, 5.74) is -0.0737. The van der Waals surface area contributed by atoms with Crippen LogP contribution in [-0.2, 0) is 9.59 Å². The summed E-state index contributed by atoms with van der Waals surface area (Å²) in [7, 11) is 0. The maximum Gasteiger partial charge on any atom is 0.231 e. The highest BCUT2D eigenvalue weighted by molar-refractivity contribution is 6.04. The van der Waals surface area contributed by atoms with Crippen molar-refractivity contribution in [2.75, 3.05) is 0 Å². The Morgan fingerprint density at radius 1 is 1.55 bits per heavy atom. The average molecular weight is 153 g/mol. The van der Waals surface area contributed by atoms with Crippen molar-refractivity contribution in [1.29, 1.82) is 0 Å². The first kappa shape index (κ1) is 6.83. The van der Waals surface area contributed by atoms with Gasteiger partial charge in [0.2, 0.25) is 5.91 Å². The van der Waals surface area contributed by atoms with Gasteiger partial charge in [0, 0.05) is 12.0 Å². The minimum absolute atomic E-state index is 0.0602. The third kappa shape index (κ3) is 0.870. The summed E-state index contributed by atoms with van der Waals surface area (Å²) in [6, 6.07) is 0. The fourth-order valence-corrected chi connectivity index (χ4v) is 1.98. The molecular formula is C8H11NO2. The van der Waals surface area contributed by atoms with E-state index < -0.39 is 0 Å². The number of rotatable bonds is 0. The van der Waals surface area contributed by atoms with Gasteiger partial charge in [-0.1, -0.05) is 0 Å². The van der Waals surface area contributed by atoms with E-state index in [9.17, 15) is 9.59 Å². The van der Waals surface area contributed by atoms with Crippen LogP contribution < -0.4 is 5.32 Å². The zero-order valence-electron chi connectivity index (χ0n) is 6.52. The molecule has 60 valence electrons. The molecule has 0 aromatic carbocycles. The first-order valence-corrected chi connectivity index (χ1v) is 3.95. The topological polar surface area (TPSA) is 46.2 Å². The van der Waals surface area contributed by atoms with Gasteiger partial charge in [-0.2, -0.15) is 0 Å². The maximum atomic E-state index is 11.1. The number of carbonyl (C=O) groups excluding carboxylic acids is 2. The van der Waals surface area contributed by atoms with E-state index in [0.717, 1.165) is 6.42 Å². The lowest BCUT2D eigenvalue weighted by Gasteiger charge is -2.26. The number of hydrogen-bond acceptors (Lipinski definition) is 2. The van der Waals surface area contributed by atoms with Crippen LogP contribution in [0.4, 0.5) is 0 Å². The Kier molecular flexibility index (Phi) is 1.14. The Labute approximate surface area is 65.2 Å². The molecule has 1 saturated carbocycles. The van der Waals surface area contributed by atoms with Crippen LogP contribution in [0.1, 0.15) is 26.2 Å². The summed E-state index contributed by atoms with van der Waals surface area (Å²) in [6.45, 7) is 2.01. The predicted molar refractivity (Wildman–Crippen MR) is 38.9 cm³/mol. The van der Waals surface area contributed by atoms with Crippen LogP contribution in [-0.4, -0.2) is 17.2 Å². The normalized spacial score (nSPS) is 42.5. The Bertz CT molecular complexity index is 236. The van der Waals surface area contributed by atoms with E-state index in [2.05, 4.69) is 5.32 Å². The maximum absolute atomic E-state index is 11.1. The molecule has 0 radical (unpaired) electrons. The first-order chi connectivity index (χ1) is 5.11. The van der Waals surface area contributed by atoms with Gasteiger partial charge in [0.05, 0.1) is 5.92 Å². The second kappa shape index (κ2) is 1.84. The highest BCUT2D eigenvalue weighted by Gasteiger charge is 2.47. The number of Topliss-reactive ketones (excluding diaryl/α,β-unsaturated/α-hetero) is 1. The van der Waals surface area contributed by atoms with Crippen LogP contribution in [0.2, 0.25) is 0 Å². The van der Waals surface area contributed by atoms with E-state index in [1.54, 1.807) is 0 Å². The molecule has 11 heavy (non-hydrogen) atoms. The number of carbonyl (C=O) groups is 2. The zero-order valence-corrected chi connectivity index (χ0v) is 6.52. The van der Waals surface area contributed by atoms with Gasteiger partial charge in [-0.3, -0.25) is 9.59 Å². The van der Waals surface area contributed by atoms with Gasteiger partial charge in [-0.05, 0) is 19.8 Å². The largest absolute Gasteiger partial charge is 0.350 e. The smallest absolute Gasteiger partial charge is 0.231 e. The van der Waals surface area contributed by atoms with Gasteiger partial charge in [0.1, 0.15) is 5.78 Å². The molecule has 1 aliphatic heterocycles. The molecule has 2 aliphatic rings. The Balaban J connectivity index is 2.31. The van der Waals surface area contributed by atoms with Crippen molar-refractivity contribution < 1.29 is 9.59 Å². The van der Waals surface area contributed by atoms with Gasteiger partial charge in [-0.25, -0.2) is 0 Å². The van der Waals surface area contributed by atoms with Crippen LogP contribution in [0, 0.1) is 5.92 Å². The minimum Gasteiger partial charge on any atom is -0.350 e. The molecule has 1 heterocycles. The van der Waals surface area contributed by atoms with Crippen LogP contribution in [0.5, 0.6) is 0 Å². The number of hydrogen-bond donors (Lipinski definition) is 1. The molecule has 2 atom stereocenters. The predicted octanol–water partition coefficient (Wildman–Crippen LogP) is 0.244. The van der Waals surface area contributed by atoms with Crippen LogP contribution in [0.25, 0.3) is 0 Å².